The molecule has 0 unspecified atom stereocenters. The van der Waals surface area contributed by atoms with Crippen LogP contribution in [0.3, 0.4) is 0 Å². The number of likely N-dealkylation sites (N-methyl/N-ethyl adjacent to an activating group) is 1. The second-order valence-corrected chi connectivity index (χ2v) is 9.68. The number of methoxy groups -OCH3 is 1. The van der Waals surface area contributed by atoms with Crippen LogP contribution in [0, 0.1) is 0 Å². The normalized spacial score (nSPS) is 17.8. The Balaban J connectivity index is 1.29. The van der Waals surface area contributed by atoms with Gasteiger partial charge in [0.05, 0.1) is 12.8 Å². The lowest BCUT2D eigenvalue weighted by Crippen LogP contribution is -2.35. The average Bonchev–Trinajstić information content (AvgIpc) is 3.71. The van der Waals surface area contributed by atoms with Gasteiger partial charge in [0.1, 0.15) is 6.04 Å². The van der Waals surface area contributed by atoms with E-state index in [0.717, 1.165) is 36.2 Å². The number of fused-ring (bicyclic) bond motifs is 3. The summed E-state index contributed by atoms with van der Waals surface area (Å²) < 4.78 is 19.0. The number of rotatable bonds is 4. The van der Waals surface area contributed by atoms with Crippen LogP contribution in [-0.4, -0.2) is 65.1 Å². The lowest BCUT2D eigenvalue weighted by Gasteiger charge is -2.34. The van der Waals surface area contributed by atoms with Crippen molar-refractivity contribution in [2.75, 3.05) is 38.9 Å². The van der Waals surface area contributed by atoms with E-state index < -0.39 is 0 Å². The van der Waals surface area contributed by atoms with Crippen LogP contribution in [0.4, 0.5) is 5.69 Å². The van der Waals surface area contributed by atoms with E-state index in [2.05, 4.69) is 26.5 Å². The van der Waals surface area contributed by atoms with E-state index in [-0.39, 0.29) is 18.7 Å². The predicted molar refractivity (Wildman–Crippen MR) is 138 cm³/mol. The molecule has 0 bridgehead atoms. The van der Waals surface area contributed by atoms with Gasteiger partial charge in [-0.05, 0) is 71.8 Å². The lowest BCUT2D eigenvalue weighted by atomic mass is 9.90. The van der Waals surface area contributed by atoms with Gasteiger partial charge in [0.2, 0.25) is 12.5 Å². The molecule has 1 aromatic heterocycles. The molecule has 0 fully saturated rings. The molecule has 10 nitrogen and oxygen atoms in total. The van der Waals surface area contributed by atoms with Gasteiger partial charge in [-0.1, -0.05) is 24.3 Å². The Morgan fingerprint density at radius 2 is 1.89 bits per heavy atom. The number of anilines is 1. The maximum Gasteiger partial charge on any atom is 0.258 e. The summed E-state index contributed by atoms with van der Waals surface area (Å²) in [5.74, 6) is 2.52. The van der Waals surface area contributed by atoms with Crippen molar-refractivity contribution < 1.29 is 19.0 Å². The molecule has 10 heteroatoms. The van der Waals surface area contributed by atoms with Gasteiger partial charge < -0.3 is 19.1 Å². The third kappa shape index (κ3) is 3.44. The lowest BCUT2D eigenvalue weighted by molar-refractivity contribution is 0.0989. The molecule has 0 saturated carbocycles. The highest BCUT2D eigenvalue weighted by atomic mass is 16.7. The van der Waals surface area contributed by atoms with Gasteiger partial charge in [0, 0.05) is 29.9 Å². The van der Waals surface area contributed by atoms with Gasteiger partial charge in [-0.15, -0.1) is 5.10 Å². The number of tetrazole rings is 1. The van der Waals surface area contributed by atoms with Crippen molar-refractivity contribution in [3.8, 4) is 22.9 Å². The predicted octanol–water partition coefficient (Wildman–Crippen LogP) is 3.18. The van der Waals surface area contributed by atoms with Crippen LogP contribution >= 0.6 is 0 Å². The van der Waals surface area contributed by atoms with Crippen LogP contribution in [0.15, 0.2) is 54.6 Å². The molecule has 3 aromatic carbocycles. The molecular formula is C28H26N6O4. The fourth-order valence-electron chi connectivity index (χ4n) is 5.78. The quantitative estimate of drug-likeness (QED) is 0.413. The molecule has 4 aromatic rings. The highest BCUT2D eigenvalue weighted by molar-refractivity contribution is 6.07. The van der Waals surface area contributed by atoms with E-state index in [9.17, 15) is 4.79 Å². The van der Waals surface area contributed by atoms with E-state index in [4.69, 9.17) is 14.2 Å². The molecule has 0 saturated heterocycles. The van der Waals surface area contributed by atoms with Gasteiger partial charge in [0.25, 0.3) is 5.91 Å². The molecule has 192 valence electrons. The fourth-order valence-corrected chi connectivity index (χ4v) is 5.78. The van der Waals surface area contributed by atoms with Crippen LogP contribution in [-0.2, 0) is 12.8 Å². The number of aromatic nitrogens is 4. The summed E-state index contributed by atoms with van der Waals surface area (Å²) >= 11 is 0. The van der Waals surface area contributed by atoms with Crippen LogP contribution in [0.1, 0.15) is 38.9 Å². The Bertz CT molecular complexity index is 1570. The van der Waals surface area contributed by atoms with Crippen molar-refractivity contribution in [3.05, 3.63) is 82.7 Å². The summed E-state index contributed by atoms with van der Waals surface area (Å²) in [4.78, 5) is 17.6. The number of ether oxygens (including phenoxy) is 3. The van der Waals surface area contributed by atoms with Gasteiger partial charge in [-0.3, -0.25) is 9.69 Å². The van der Waals surface area contributed by atoms with Crippen molar-refractivity contribution in [1.82, 2.24) is 25.1 Å². The van der Waals surface area contributed by atoms with Crippen molar-refractivity contribution in [1.29, 1.82) is 0 Å². The molecule has 0 N–H and O–H groups in total. The summed E-state index contributed by atoms with van der Waals surface area (Å²) in [6.45, 7) is 1.63. The molecule has 0 radical (unpaired) electrons. The standard InChI is InChI=1S/C28H26N6O4/c1-32-12-10-18-15-22-25(38-16-37-22)26(36-2)23(18)24(32)27-29-30-31-34(27)20-8-5-7-19(14-20)28(35)33-13-11-17-6-3-4-9-21(17)33/h3-9,14-15,24H,10-13,16H2,1-2H3/t24-/m1/s1. The average molecular weight is 511 g/mol. The van der Waals surface area contributed by atoms with Crippen molar-refractivity contribution in [3.63, 3.8) is 0 Å². The van der Waals surface area contributed by atoms with Crippen LogP contribution in [0.5, 0.6) is 17.2 Å². The minimum absolute atomic E-state index is 0.0408. The van der Waals surface area contributed by atoms with Crippen LogP contribution < -0.4 is 19.1 Å². The first-order valence-electron chi connectivity index (χ1n) is 12.6. The molecule has 0 aliphatic carbocycles. The van der Waals surface area contributed by atoms with E-state index >= 15 is 0 Å². The molecule has 3 aliphatic rings. The highest BCUT2D eigenvalue weighted by Crippen LogP contribution is 2.50. The number of carbonyl (C=O) groups excluding carboxylic acids is 1. The Labute approximate surface area is 219 Å². The number of hydrogen-bond acceptors (Lipinski definition) is 8. The van der Waals surface area contributed by atoms with Gasteiger partial charge >= 0.3 is 0 Å². The largest absolute Gasteiger partial charge is 0.492 e. The van der Waals surface area contributed by atoms with E-state index in [1.54, 1.807) is 11.8 Å². The van der Waals surface area contributed by atoms with E-state index in [1.807, 2.05) is 60.5 Å². The molecule has 38 heavy (non-hydrogen) atoms. The fraction of sp³-hybridized carbons (Fsp3) is 0.286. The molecule has 1 atom stereocenters. The summed E-state index contributed by atoms with van der Waals surface area (Å²) in [5.41, 5.74) is 5.52. The highest BCUT2D eigenvalue weighted by Gasteiger charge is 2.38. The smallest absolute Gasteiger partial charge is 0.258 e. The van der Waals surface area contributed by atoms with Crippen molar-refractivity contribution in [2.45, 2.75) is 18.9 Å². The zero-order valence-corrected chi connectivity index (χ0v) is 21.1. The molecule has 4 heterocycles. The van der Waals surface area contributed by atoms with Crippen molar-refractivity contribution in [2.24, 2.45) is 0 Å². The first-order valence-corrected chi connectivity index (χ1v) is 12.6. The summed E-state index contributed by atoms with van der Waals surface area (Å²) in [5, 5.41) is 12.8. The minimum atomic E-state index is -0.289. The maximum absolute atomic E-state index is 13.5. The summed E-state index contributed by atoms with van der Waals surface area (Å²) in [6.07, 6.45) is 1.69. The zero-order chi connectivity index (χ0) is 25.8. The molecular weight excluding hydrogens is 484 g/mol. The first-order chi connectivity index (χ1) is 18.6. The first kappa shape index (κ1) is 22.7. The summed E-state index contributed by atoms with van der Waals surface area (Å²) in [6, 6.07) is 17.3. The number of para-hydroxylation sites is 1. The molecule has 0 spiro atoms. The molecule has 7 rings (SSSR count). The minimum Gasteiger partial charge on any atom is -0.492 e. The molecule has 1 amide bonds. The Kier molecular flexibility index (Phi) is 5.29. The topological polar surface area (TPSA) is 94.8 Å². The zero-order valence-electron chi connectivity index (χ0n) is 21.1. The number of hydrogen-bond donors (Lipinski definition) is 0. The Morgan fingerprint density at radius 3 is 2.79 bits per heavy atom. The van der Waals surface area contributed by atoms with E-state index in [1.165, 1.54) is 5.56 Å². The maximum atomic E-state index is 13.5. The molecule has 3 aliphatic heterocycles. The number of benzene rings is 3. The van der Waals surface area contributed by atoms with E-state index in [0.29, 0.717) is 40.9 Å². The number of carbonyl (C=O) groups is 1. The number of amides is 1. The second kappa shape index (κ2) is 8.84. The Hall–Kier alpha value is -4.44. The van der Waals surface area contributed by atoms with Crippen molar-refractivity contribution >= 4 is 11.6 Å². The third-order valence-electron chi connectivity index (χ3n) is 7.60. The number of nitrogens with zero attached hydrogens (tertiary/aromatic N) is 6. The van der Waals surface area contributed by atoms with Gasteiger partial charge in [-0.2, -0.15) is 4.68 Å². The van der Waals surface area contributed by atoms with Gasteiger partial charge in [0.15, 0.2) is 17.3 Å². The van der Waals surface area contributed by atoms with Gasteiger partial charge in [-0.25, -0.2) is 0 Å². The van der Waals surface area contributed by atoms with Crippen LogP contribution in [0.25, 0.3) is 5.69 Å². The summed E-state index contributed by atoms with van der Waals surface area (Å²) in [7, 11) is 3.68. The van der Waals surface area contributed by atoms with Crippen LogP contribution in [0.2, 0.25) is 0 Å². The second-order valence-electron chi connectivity index (χ2n) is 9.68. The Morgan fingerprint density at radius 1 is 1.03 bits per heavy atom. The monoisotopic (exact) mass is 510 g/mol. The third-order valence-corrected chi connectivity index (χ3v) is 7.60. The SMILES string of the molecule is COc1c2c(cc3c1[C@H](c1nnnn1-c1cccc(C(=O)N4CCc5ccccc54)c1)N(C)CC3)OCO2.